The molecule has 0 aliphatic heterocycles. The summed E-state index contributed by atoms with van der Waals surface area (Å²) in [6.45, 7) is 6.29. The molecular formula is C21H27NO4. The molecule has 0 bridgehead atoms. The molecule has 26 heavy (non-hydrogen) atoms. The SMILES string of the molecule is CC(C)[C@H]1CC[C@@H](C)/C(=C\c2ccc(NC(=O)CCC(=O)O)cc2)C1=O. The summed E-state index contributed by atoms with van der Waals surface area (Å²) >= 11 is 0. The summed E-state index contributed by atoms with van der Waals surface area (Å²) in [4.78, 5) is 34.9. The molecule has 1 aromatic carbocycles. The van der Waals surface area contributed by atoms with Crippen molar-refractivity contribution in [2.75, 3.05) is 5.32 Å². The van der Waals surface area contributed by atoms with Crippen LogP contribution in [0.2, 0.25) is 0 Å². The van der Waals surface area contributed by atoms with E-state index in [0.29, 0.717) is 11.6 Å². The number of carboxylic acid groups (broad SMARTS) is 1. The average molecular weight is 357 g/mol. The zero-order chi connectivity index (χ0) is 19.3. The van der Waals surface area contributed by atoms with Gasteiger partial charge in [-0.3, -0.25) is 14.4 Å². The van der Waals surface area contributed by atoms with Crippen molar-refractivity contribution < 1.29 is 19.5 Å². The van der Waals surface area contributed by atoms with Crippen LogP contribution in [0, 0.1) is 17.8 Å². The summed E-state index contributed by atoms with van der Waals surface area (Å²) in [6, 6.07) is 7.25. The van der Waals surface area contributed by atoms with Crippen LogP contribution in [-0.2, 0) is 14.4 Å². The molecule has 1 aromatic rings. The van der Waals surface area contributed by atoms with Crippen LogP contribution in [0.5, 0.6) is 0 Å². The van der Waals surface area contributed by atoms with Gasteiger partial charge in [-0.15, -0.1) is 0 Å². The number of ketones is 1. The molecule has 0 unspecified atom stereocenters. The van der Waals surface area contributed by atoms with Gasteiger partial charge in [0.1, 0.15) is 0 Å². The molecule has 1 amide bonds. The lowest BCUT2D eigenvalue weighted by atomic mass is 9.73. The predicted molar refractivity (Wildman–Crippen MR) is 102 cm³/mol. The maximum Gasteiger partial charge on any atom is 0.303 e. The molecule has 0 radical (unpaired) electrons. The minimum atomic E-state index is -0.993. The fraction of sp³-hybridized carbons (Fsp3) is 0.476. The fourth-order valence-electron chi connectivity index (χ4n) is 3.31. The summed E-state index contributed by atoms with van der Waals surface area (Å²) in [6.07, 6.45) is 3.70. The molecule has 0 saturated heterocycles. The molecule has 0 heterocycles. The van der Waals surface area contributed by atoms with Gasteiger partial charge in [0.05, 0.1) is 6.42 Å². The van der Waals surface area contributed by atoms with E-state index in [1.165, 1.54) is 0 Å². The smallest absolute Gasteiger partial charge is 0.303 e. The lowest BCUT2D eigenvalue weighted by Gasteiger charge is -2.30. The number of anilines is 1. The van der Waals surface area contributed by atoms with Gasteiger partial charge in [0.25, 0.3) is 0 Å². The lowest BCUT2D eigenvalue weighted by molar-refractivity contribution is -0.138. The molecule has 1 aliphatic carbocycles. The minimum absolute atomic E-state index is 0.0518. The molecule has 0 aromatic heterocycles. The lowest BCUT2D eigenvalue weighted by Crippen LogP contribution is -2.30. The Labute approximate surface area is 154 Å². The van der Waals surface area contributed by atoms with Crippen LogP contribution in [0.1, 0.15) is 52.0 Å². The quantitative estimate of drug-likeness (QED) is 0.749. The first-order valence-corrected chi connectivity index (χ1v) is 9.15. The fourth-order valence-corrected chi connectivity index (χ4v) is 3.31. The first-order chi connectivity index (χ1) is 12.3. The number of Topliss-reactive ketones (excluding diaryl/α,β-unsaturated/α-hetero) is 1. The Morgan fingerprint density at radius 2 is 1.85 bits per heavy atom. The summed E-state index contributed by atoms with van der Waals surface area (Å²) in [5.41, 5.74) is 2.42. The van der Waals surface area contributed by atoms with Crippen molar-refractivity contribution in [1.82, 2.24) is 0 Å². The van der Waals surface area contributed by atoms with Crippen LogP contribution in [0.4, 0.5) is 5.69 Å². The topological polar surface area (TPSA) is 83.5 Å². The summed E-state index contributed by atoms with van der Waals surface area (Å²) < 4.78 is 0. The second kappa shape index (κ2) is 8.79. The largest absolute Gasteiger partial charge is 0.481 e. The third-order valence-corrected chi connectivity index (χ3v) is 4.95. The van der Waals surface area contributed by atoms with Crippen molar-refractivity contribution in [3.63, 3.8) is 0 Å². The molecular weight excluding hydrogens is 330 g/mol. The van der Waals surface area contributed by atoms with Gasteiger partial charge in [0.2, 0.25) is 5.91 Å². The molecule has 5 heteroatoms. The van der Waals surface area contributed by atoms with Crippen LogP contribution in [0.25, 0.3) is 6.08 Å². The molecule has 1 fully saturated rings. The van der Waals surface area contributed by atoms with E-state index in [2.05, 4.69) is 26.1 Å². The van der Waals surface area contributed by atoms with E-state index >= 15 is 0 Å². The van der Waals surface area contributed by atoms with Gasteiger partial charge in [-0.25, -0.2) is 0 Å². The number of hydrogen-bond donors (Lipinski definition) is 2. The average Bonchev–Trinajstić information content (AvgIpc) is 2.58. The Morgan fingerprint density at radius 3 is 2.42 bits per heavy atom. The van der Waals surface area contributed by atoms with Crippen molar-refractivity contribution in [3.8, 4) is 0 Å². The third-order valence-electron chi connectivity index (χ3n) is 4.95. The van der Waals surface area contributed by atoms with Gasteiger partial charge in [0.15, 0.2) is 5.78 Å². The van der Waals surface area contributed by atoms with Crippen molar-refractivity contribution in [2.45, 2.75) is 46.5 Å². The van der Waals surface area contributed by atoms with E-state index in [-0.39, 0.29) is 36.4 Å². The standard InChI is InChI=1S/C21H27NO4/c1-13(2)17-9-4-14(3)18(21(17)26)12-15-5-7-16(8-6-15)22-19(23)10-11-20(24)25/h5-8,12-14,17H,4,9-11H2,1-3H3,(H,22,23)(H,24,25)/b18-12+/t14-,17-/m1/s1. The molecule has 0 spiro atoms. The first-order valence-electron chi connectivity index (χ1n) is 9.15. The number of carboxylic acids is 1. The number of carbonyl (C=O) groups excluding carboxylic acids is 2. The summed E-state index contributed by atoms with van der Waals surface area (Å²) in [5, 5.41) is 11.3. The number of hydrogen-bond acceptors (Lipinski definition) is 3. The Kier molecular flexibility index (Phi) is 6.72. The summed E-state index contributed by atoms with van der Waals surface area (Å²) in [7, 11) is 0. The van der Waals surface area contributed by atoms with E-state index < -0.39 is 5.97 Å². The van der Waals surface area contributed by atoms with Crippen LogP contribution in [-0.4, -0.2) is 22.8 Å². The van der Waals surface area contributed by atoms with Crippen molar-refractivity contribution in [1.29, 1.82) is 0 Å². The second-order valence-electron chi connectivity index (χ2n) is 7.36. The Bertz CT molecular complexity index is 703. The van der Waals surface area contributed by atoms with Crippen LogP contribution in [0.15, 0.2) is 29.8 Å². The maximum absolute atomic E-state index is 12.7. The zero-order valence-corrected chi connectivity index (χ0v) is 15.6. The van der Waals surface area contributed by atoms with Gasteiger partial charge in [-0.05, 0) is 54.0 Å². The zero-order valence-electron chi connectivity index (χ0n) is 15.6. The van der Waals surface area contributed by atoms with Gasteiger partial charge >= 0.3 is 5.97 Å². The number of carbonyl (C=O) groups is 3. The van der Waals surface area contributed by atoms with Gasteiger partial charge in [-0.1, -0.05) is 32.9 Å². The van der Waals surface area contributed by atoms with E-state index in [0.717, 1.165) is 24.0 Å². The Hall–Kier alpha value is -2.43. The Morgan fingerprint density at radius 1 is 1.19 bits per heavy atom. The molecule has 2 atom stereocenters. The van der Waals surface area contributed by atoms with Crippen molar-refractivity contribution in [2.24, 2.45) is 17.8 Å². The van der Waals surface area contributed by atoms with E-state index in [1.54, 1.807) is 12.1 Å². The number of amides is 1. The third kappa shape index (κ3) is 5.28. The highest BCUT2D eigenvalue weighted by atomic mass is 16.4. The number of allylic oxidation sites excluding steroid dienone is 1. The number of aliphatic carboxylic acids is 1. The van der Waals surface area contributed by atoms with Crippen LogP contribution >= 0.6 is 0 Å². The molecule has 5 nitrogen and oxygen atoms in total. The first kappa shape index (κ1) is 19.9. The molecule has 1 saturated carbocycles. The summed E-state index contributed by atoms with van der Waals surface area (Å²) in [5.74, 6) is -0.354. The highest BCUT2D eigenvalue weighted by molar-refractivity contribution is 6.02. The molecule has 1 aliphatic rings. The van der Waals surface area contributed by atoms with Gasteiger partial charge in [-0.2, -0.15) is 0 Å². The highest BCUT2D eigenvalue weighted by Gasteiger charge is 2.32. The van der Waals surface area contributed by atoms with Crippen LogP contribution < -0.4 is 5.32 Å². The van der Waals surface area contributed by atoms with Crippen LogP contribution in [0.3, 0.4) is 0 Å². The second-order valence-corrected chi connectivity index (χ2v) is 7.36. The minimum Gasteiger partial charge on any atom is -0.481 e. The van der Waals surface area contributed by atoms with E-state index in [4.69, 9.17) is 5.11 Å². The number of nitrogens with one attached hydrogen (secondary N) is 1. The molecule has 140 valence electrons. The Balaban J connectivity index is 2.07. The highest BCUT2D eigenvalue weighted by Crippen LogP contribution is 2.35. The predicted octanol–water partition coefficient (Wildman–Crippen LogP) is 4.14. The monoisotopic (exact) mass is 357 g/mol. The molecule has 2 N–H and O–H groups in total. The maximum atomic E-state index is 12.7. The normalized spacial score (nSPS) is 21.8. The van der Waals surface area contributed by atoms with Crippen molar-refractivity contribution in [3.05, 3.63) is 35.4 Å². The van der Waals surface area contributed by atoms with Crippen molar-refractivity contribution >= 4 is 29.4 Å². The van der Waals surface area contributed by atoms with Gasteiger partial charge < -0.3 is 10.4 Å². The van der Waals surface area contributed by atoms with Gasteiger partial charge in [0, 0.05) is 18.0 Å². The number of rotatable bonds is 6. The molecule has 2 rings (SSSR count). The number of benzene rings is 1. The van der Waals surface area contributed by atoms with E-state index in [9.17, 15) is 14.4 Å². The van der Waals surface area contributed by atoms with E-state index in [1.807, 2.05) is 18.2 Å².